The zero-order valence-corrected chi connectivity index (χ0v) is 13.9. The molecule has 0 spiro atoms. The Hall–Kier alpha value is -2.33. The first-order valence-electron chi connectivity index (χ1n) is 8.36. The summed E-state index contributed by atoms with van der Waals surface area (Å²) >= 11 is 0. The van der Waals surface area contributed by atoms with E-state index in [4.69, 9.17) is 4.74 Å². The number of carbonyl (C=O) groups excluding carboxylic acids is 1. The predicted octanol–water partition coefficient (Wildman–Crippen LogP) is 2.96. The lowest BCUT2D eigenvalue weighted by Crippen LogP contribution is -2.36. The predicted molar refractivity (Wildman–Crippen MR) is 93.1 cm³/mol. The molecule has 0 aliphatic heterocycles. The SMILES string of the molecule is COc1cccc2c1CCC[C@@H]2C(=O)N[C@@H](CO)c1ccccc1. The molecule has 0 saturated carbocycles. The van der Waals surface area contributed by atoms with Crippen LogP contribution in [0.3, 0.4) is 0 Å². The van der Waals surface area contributed by atoms with Gasteiger partial charge in [-0.3, -0.25) is 4.79 Å². The van der Waals surface area contributed by atoms with E-state index in [1.54, 1.807) is 7.11 Å². The Morgan fingerprint density at radius 1 is 1.25 bits per heavy atom. The van der Waals surface area contributed by atoms with Crippen LogP contribution in [0, 0.1) is 0 Å². The zero-order valence-electron chi connectivity index (χ0n) is 13.9. The number of carbonyl (C=O) groups is 1. The summed E-state index contributed by atoms with van der Waals surface area (Å²) in [7, 11) is 1.66. The maximum atomic E-state index is 12.8. The van der Waals surface area contributed by atoms with E-state index in [1.165, 1.54) is 0 Å². The van der Waals surface area contributed by atoms with Crippen molar-refractivity contribution in [1.29, 1.82) is 0 Å². The van der Waals surface area contributed by atoms with Crippen LogP contribution in [-0.4, -0.2) is 24.7 Å². The molecule has 3 rings (SSSR count). The van der Waals surface area contributed by atoms with Crippen LogP contribution < -0.4 is 10.1 Å². The van der Waals surface area contributed by atoms with Crippen molar-refractivity contribution >= 4 is 5.91 Å². The number of hydrogen-bond acceptors (Lipinski definition) is 3. The quantitative estimate of drug-likeness (QED) is 0.888. The third-order valence-electron chi connectivity index (χ3n) is 4.70. The molecular weight excluding hydrogens is 302 g/mol. The van der Waals surface area contributed by atoms with E-state index in [1.807, 2.05) is 48.5 Å². The minimum Gasteiger partial charge on any atom is -0.496 e. The van der Waals surface area contributed by atoms with Crippen molar-refractivity contribution in [1.82, 2.24) is 5.32 Å². The smallest absolute Gasteiger partial charge is 0.228 e. The second-order valence-electron chi connectivity index (χ2n) is 6.13. The summed E-state index contributed by atoms with van der Waals surface area (Å²) in [5.41, 5.74) is 3.09. The molecule has 1 amide bonds. The molecule has 4 nitrogen and oxygen atoms in total. The number of nitrogens with one attached hydrogen (secondary N) is 1. The Balaban J connectivity index is 1.82. The van der Waals surface area contributed by atoms with Gasteiger partial charge in [-0.1, -0.05) is 42.5 Å². The Labute approximate surface area is 142 Å². The molecule has 126 valence electrons. The Morgan fingerprint density at radius 3 is 2.75 bits per heavy atom. The van der Waals surface area contributed by atoms with Crippen LogP contribution >= 0.6 is 0 Å². The first-order chi connectivity index (χ1) is 11.7. The molecule has 0 fully saturated rings. The van der Waals surface area contributed by atoms with Crippen molar-refractivity contribution in [3.63, 3.8) is 0 Å². The van der Waals surface area contributed by atoms with Gasteiger partial charge in [0.1, 0.15) is 5.75 Å². The normalized spacial score (nSPS) is 17.7. The molecule has 2 aromatic rings. The van der Waals surface area contributed by atoms with Gasteiger partial charge in [0.05, 0.1) is 25.7 Å². The third kappa shape index (κ3) is 3.29. The fourth-order valence-corrected chi connectivity index (χ4v) is 3.47. The first-order valence-corrected chi connectivity index (χ1v) is 8.36. The molecule has 4 heteroatoms. The van der Waals surface area contributed by atoms with Crippen molar-refractivity contribution < 1.29 is 14.6 Å². The summed E-state index contributed by atoms with van der Waals surface area (Å²) in [6.45, 7) is -0.118. The highest BCUT2D eigenvalue weighted by Gasteiger charge is 2.29. The van der Waals surface area contributed by atoms with E-state index in [0.29, 0.717) is 0 Å². The molecule has 0 unspecified atom stereocenters. The van der Waals surface area contributed by atoms with Crippen LogP contribution in [0.5, 0.6) is 5.75 Å². The van der Waals surface area contributed by atoms with Crippen LogP contribution in [0.15, 0.2) is 48.5 Å². The van der Waals surface area contributed by atoms with Gasteiger partial charge in [0.2, 0.25) is 5.91 Å². The summed E-state index contributed by atoms with van der Waals surface area (Å²) in [5, 5.41) is 12.7. The maximum Gasteiger partial charge on any atom is 0.228 e. The molecule has 1 aliphatic carbocycles. The second kappa shape index (κ2) is 7.49. The van der Waals surface area contributed by atoms with Gasteiger partial charge in [0, 0.05) is 0 Å². The van der Waals surface area contributed by atoms with Crippen LogP contribution in [-0.2, 0) is 11.2 Å². The van der Waals surface area contributed by atoms with E-state index in [9.17, 15) is 9.90 Å². The Bertz CT molecular complexity index is 699. The highest BCUT2D eigenvalue weighted by Crippen LogP contribution is 2.37. The van der Waals surface area contributed by atoms with Gasteiger partial charge in [-0.2, -0.15) is 0 Å². The molecular formula is C20H23NO3. The van der Waals surface area contributed by atoms with Gasteiger partial charge >= 0.3 is 0 Å². The number of ether oxygens (including phenoxy) is 1. The van der Waals surface area contributed by atoms with E-state index in [0.717, 1.165) is 41.7 Å². The fraction of sp³-hybridized carbons (Fsp3) is 0.350. The van der Waals surface area contributed by atoms with Crippen molar-refractivity contribution in [2.24, 2.45) is 0 Å². The Kier molecular flexibility index (Phi) is 5.16. The second-order valence-corrected chi connectivity index (χ2v) is 6.13. The van der Waals surface area contributed by atoms with E-state index in [-0.39, 0.29) is 24.5 Å². The number of rotatable bonds is 5. The summed E-state index contributed by atoms with van der Waals surface area (Å²) in [6.07, 6.45) is 2.71. The summed E-state index contributed by atoms with van der Waals surface area (Å²) < 4.78 is 5.44. The van der Waals surface area contributed by atoms with Crippen molar-refractivity contribution in [3.8, 4) is 5.75 Å². The summed E-state index contributed by atoms with van der Waals surface area (Å²) in [5.74, 6) is 0.625. The number of benzene rings is 2. The molecule has 0 aromatic heterocycles. The molecule has 0 heterocycles. The molecule has 2 atom stereocenters. The highest BCUT2D eigenvalue weighted by molar-refractivity contribution is 5.85. The van der Waals surface area contributed by atoms with Gasteiger partial charge in [0.15, 0.2) is 0 Å². The summed E-state index contributed by atoms with van der Waals surface area (Å²) in [4.78, 5) is 12.8. The average Bonchev–Trinajstić information content (AvgIpc) is 2.65. The average molecular weight is 325 g/mol. The van der Waals surface area contributed by atoms with Crippen LogP contribution in [0.4, 0.5) is 0 Å². The first kappa shape index (κ1) is 16.5. The van der Waals surface area contributed by atoms with E-state index >= 15 is 0 Å². The minimum absolute atomic E-state index is 0.0351. The standard InChI is InChI=1S/C20H23NO3/c1-24-19-12-6-9-15-16(19)10-5-11-17(15)20(23)21-18(13-22)14-7-3-2-4-8-14/h2-4,6-9,12,17-18,22H,5,10-11,13H2,1H3,(H,21,23)/t17-,18-/m0/s1. The lowest BCUT2D eigenvalue weighted by Gasteiger charge is -2.28. The number of amides is 1. The van der Waals surface area contributed by atoms with Gasteiger partial charge in [0.25, 0.3) is 0 Å². The number of methoxy groups -OCH3 is 1. The third-order valence-corrected chi connectivity index (χ3v) is 4.70. The maximum absolute atomic E-state index is 12.8. The fourth-order valence-electron chi connectivity index (χ4n) is 3.47. The van der Waals surface area contributed by atoms with Gasteiger partial charge in [-0.15, -0.1) is 0 Å². The topological polar surface area (TPSA) is 58.6 Å². The van der Waals surface area contributed by atoms with Crippen molar-refractivity contribution in [3.05, 3.63) is 65.2 Å². The monoisotopic (exact) mass is 325 g/mol. The van der Waals surface area contributed by atoms with Gasteiger partial charge < -0.3 is 15.2 Å². The van der Waals surface area contributed by atoms with Crippen LogP contribution in [0.25, 0.3) is 0 Å². The number of hydrogen-bond donors (Lipinski definition) is 2. The van der Waals surface area contributed by atoms with Crippen LogP contribution in [0.2, 0.25) is 0 Å². The Morgan fingerprint density at radius 2 is 2.04 bits per heavy atom. The highest BCUT2D eigenvalue weighted by atomic mass is 16.5. The molecule has 0 saturated heterocycles. The zero-order chi connectivity index (χ0) is 16.9. The largest absolute Gasteiger partial charge is 0.496 e. The lowest BCUT2D eigenvalue weighted by molar-refractivity contribution is -0.124. The number of aliphatic hydroxyl groups excluding tert-OH is 1. The van der Waals surface area contributed by atoms with Crippen molar-refractivity contribution in [2.75, 3.05) is 13.7 Å². The van der Waals surface area contributed by atoms with Crippen LogP contribution in [0.1, 0.15) is 41.5 Å². The molecule has 1 aliphatic rings. The molecule has 0 radical (unpaired) electrons. The van der Waals surface area contributed by atoms with E-state index in [2.05, 4.69) is 5.32 Å². The van der Waals surface area contributed by atoms with Gasteiger partial charge in [-0.05, 0) is 42.0 Å². The van der Waals surface area contributed by atoms with Crippen molar-refractivity contribution in [2.45, 2.75) is 31.2 Å². The van der Waals surface area contributed by atoms with Gasteiger partial charge in [-0.25, -0.2) is 0 Å². The molecule has 24 heavy (non-hydrogen) atoms. The molecule has 0 bridgehead atoms. The molecule has 2 aromatic carbocycles. The lowest BCUT2D eigenvalue weighted by atomic mass is 9.81. The minimum atomic E-state index is -0.380. The van der Waals surface area contributed by atoms with E-state index < -0.39 is 0 Å². The number of fused-ring (bicyclic) bond motifs is 1. The molecule has 2 N–H and O–H groups in total. The summed E-state index contributed by atoms with van der Waals surface area (Å²) in [6, 6.07) is 15.1. The number of aliphatic hydroxyl groups is 1.